The van der Waals surface area contributed by atoms with Crippen molar-refractivity contribution in [3.63, 3.8) is 0 Å². The molecule has 0 bridgehead atoms. The second kappa shape index (κ2) is 29.7. The van der Waals surface area contributed by atoms with E-state index in [1.807, 2.05) is 104 Å². The van der Waals surface area contributed by atoms with Crippen LogP contribution in [0.4, 0.5) is 0 Å². The highest BCUT2D eigenvalue weighted by atomic mass is 16.6. The highest BCUT2D eigenvalue weighted by molar-refractivity contribution is 5.94. The first kappa shape index (κ1) is 69.0. The number of nitrogens with zero attached hydrogens (tertiary/aromatic N) is 8. The molecule has 0 radical (unpaired) electrons. The summed E-state index contributed by atoms with van der Waals surface area (Å²) in [5.41, 5.74) is 8.06. The highest BCUT2D eigenvalue weighted by Crippen LogP contribution is 2.46. The normalized spacial score (nSPS) is 25.1. The Morgan fingerprint density at radius 2 is 0.641 bits per heavy atom. The Morgan fingerprint density at radius 1 is 0.380 bits per heavy atom. The van der Waals surface area contributed by atoms with Crippen molar-refractivity contribution in [3.8, 4) is 0 Å². The second-order valence-corrected chi connectivity index (χ2v) is 28.8. The van der Waals surface area contributed by atoms with Gasteiger partial charge in [-0.3, -0.25) is 28.5 Å². The van der Waals surface area contributed by atoms with Crippen LogP contribution >= 0.6 is 0 Å². The summed E-state index contributed by atoms with van der Waals surface area (Å²) in [6.07, 6.45) is 3.30. The van der Waals surface area contributed by atoms with Crippen LogP contribution in [0, 0.1) is 23.7 Å². The molecule has 4 amide bonds. The summed E-state index contributed by atoms with van der Waals surface area (Å²) in [5.74, 6) is -5.23. The van der Waals surface area contributed by atoms with Gasteiger partial charge in [-0.1, -0.05) is 104 Å². The van der Waals surface area contributed by atoms with E-state index in [1.54, 1.807) is 0 Å². The number of esters is 4. The molecule has 0 unspecified atom stereocenters. The van der Waals surface area contributed by atoms with Crippen LogP contribution in [-0.4, -0.2) is 163 Å². The molecule has 5 fully saturated rings. The van der Waals surface area contributed by atoms with E-state index in [1.165, 1.54) is 73.0 Å². The van der Waals surface area contributed by atoms with Crippen molar-refractivity contribution in [1.29, 1.82) is 0 Å². The van der Waals surface area contributed by atoms with E-state index in [0.29, 0.717) is 47.9 Å². The molecule has 1 saturated heterocycles. The number of likely N-dealkylation sites (N-methyl/N-ethyl adjacent to an activating group) is 4. The molecule has 4 aliphatic carbocycles. The molecule has 9 rings (SSSR count). The smallest absolute Gasteiger partial charge is 0.329 e. The Balaban J connectivity index is 1.02. The van der Waals surface area contributed by atoms with Crippen LogP contribution in [-0.2, 0) is 83.2 Å². The summed E-state index contributed by atoms with van der Waals surface area (Å²) in [6.45, 7) is 18.9. The second-order valence-electron chi connectivity index (χ2n) is 28.8. The van der Waals surface area contributed by atoms with E-state index in [9.17, 15) is 28.8 Å². The molecular weight excluding hydrogens is 1170 g/mol. The number of carbonyl (C=O) groups is 8. The summed E-state index contributed by atoms with van der Waals surface area (Å²) < 4.78 is 28.8. The minimum absolute atomic E-state index is 0.0928. The molecule has 500 valence electrons. The van der Waals surface area contributed by atoms with Crippen LogP contribution < -0.4 is 0 Å². The fourth-order valence-corrected chi connectivity index (χ4v) is 12.5. The highest BCUT2D eigenvalue weighted by Gasteiger charge is 2.44. The third kappa shape index (κ3) is 17.6. The summed E-state index contributed by atoms with van der Waals surface area (Å²) in [4.78, 5) is 124. The summed E-state index contributed by atoms with van der Waals surface area (Å²) >= 11 is 0. The van der Waals surface area contributed by atoms with Crippen LogP contribution in [0.15, 0.2) is 60.7 Å². The zero-order valence-electron chi connectivity index (χ0n) is 56.8. The molecule has 3 heterocycles. The number of hydrogen-bond acceptors (Lipinski definition) is 14. The number of aromatic nitrogens is 4. The lowest BCUT2D eigenvalue weighted by Gasteiger charge is -2.35. The van der Waals surface area contributed by atoms with Crippen molar-refractivity contribution in [2.75, 3.05) is 28.2 Å². The molecule has 92 heavy (non-hydrogen) atoms. The number of hydrogen-bond donors (Lipinski definition) is 0. The van der Waals surface area contributed by atoms with Gasteiger partial charge in [-0.05, 0) is 149 Å². The van der Waals surface area contributed by atoms with Crippen molar-refractivity contribution in [3.05, 3.63) is 106 Å². The number of ether oxygens (including phenoxy) is 4. The molecule has 1 aliphatic heterocycles. The topological polar surface area (TPSA) is 222 Å². The van der Waals surface area contributed by atoms with Crippen molar-refractivity contribution >= 4 is 47.5 Å². The number of benzene rings is 2. The van der Waals surface area contributed by atoms with E-state index in [4.69, 9.17) is 29.1 Å². The largest absolute Gasteiger partial charge is 0.451 e. The zero-order chi connectivity index (χ0) is 66.6. The van der Waals surface area contributed by atoms with Gasteiger partial charge in [-0.2, -0.15) is 10.2 Å². The van der Waals surface area contributed by atoms with Crippen molar-refractivity contribution < 1.29 is 57.3 Å². The lowest BCUT2D eigenvalue weighted by atomic mass is 9.99. The van der Waals surface area contributed by atoms with Gasteiger partial charge in [0.1, 0.15) is 24.2 Å². The zero-order valence-corrected chi connectivity index (χ0v) is 56.8. The Hall–Kier alpha value is -7.38. The minimum atomic E-state index is -1.53. The van der Waals surface area contributed by atoms with Gasteiger partial charge in [-0.15, -0.1) is 0 Å². The van der Waals surface area contributed by atoms with Crippen molar-refractivity contribution in [2.45, 2.75) is 244 Å². The molecule has 5 aliphatic rings. The maximum atomic E-state index is 15.2. The van der Waals surface area contributed by atoms with E-state index >= 15 is 9.59 Å². The average molecular weight is 1270 g/mol. The third-order valence-electron chi connectivity index (χ3n) is 18.7. The summed E-state index contributed by atoms with van der Waals surface area (Å²) in [6, 6.07) is 14.8. The van der Waals surface area contributed by atoms with Crippen molar-refractivity contribution in [1.82, 2.24) is 39.2 Å². The van der Waals surface area contributed by atoms with E-state index in [2.05, 4.69) is 21.5 Å². The molecule has 4 saturated carbocycles. The van der Waals surface area contributed by atoms with Gasteiger partial charge in [0.05, 0.1) is 24.5 Å². The van der Waals surface area contributed by atoms with Gasteiger partial charge in [0.25, 0.3) is 23.6 Å². The molecule has 4 aromatic rings. The van der Waals surface area contributed by atoms with E-state index in [0.717, 1.165) is 73.9 Å². The lowest BCUT2D eigenvalue weighted by Crippen LogP contribution is -2.55. The Morgan fingerprint density at radius 3 is 0.913 bits per heavy atom. The van der Waals surface area contributed by atoms with Crippen LogP contribution in [0.3, 0.4) is 0 Å². The Kier molecular flexibility index (Phi) is 22.3. The molecular formula is C72H100N8O12. The van der Waals surface area contributed by atoms with Crippen LogP contribution in [0.5, 0.6) is 0 Å². The van der Waals surface area contributed by atoms with Crippen LogP contribution in [0.2, 0.25) is 0 Å². The molecule has 20 nitrogen and oxygen atoms in total. The maximum Gasteiger partial charge on any atom is 0.329 e. The number of carbonyl (C=O) groups excluding carboxylic acids is 8. The SMILES string of the molecule is CC(C)C[C@H]1C(=O)O[C@H](Cc2ccc(Cn3nc(C4CC4)cc3C3CC3)cc2)C(=O)N(C)[C@@H](CC(C)C)C(=O)O[C@H](C)C(=O)N(C)[C@@H](CC(C)C)C(=O)O[C@H](Cc2ccc(Cn3nc(C4CC4)cc3C3CC3)cc2)C(=O)N(C)[C@@H](CC(C)C)C(=O)O[C@H](C)C(=O)N1C. The van der Waals surface area contributed by atoms with Gasteiger partial charge in [0.15, 0.2) is 24.4 Å². The number of cyclic esters (lactones) is 4. The van der Waals surface area contributed by atoms with Gasteiger partial charge in [0, 0.05) is 76.1 Å². The third-order valence-corrected chi connectivity index (χ3v) is 18.7. The van der Waals surface area contributed by atoms with Gasteiger partial charge in [-0.25, -0.2) is 19.2 Å². The Labute approximate surface area is 543 Å². The summed E-state index contributed by atoms with van der Waals surface area (Å²) in [5, 5.41) is 10.0. The first-order chi connectivity index (χ1) is 43.6. The monoisotopic (exact) mass is 1270 g/mol. The number of rotatable bonds is 20. The first-order valence-corrected chi connectivity index (χ1v) is 33.8. The molecule has 2 aromatic heterocycles. The van der Waals surface area contributed by atoms with Gasteiger partial charge >= 0.3 is 23.9 Å². The first-order valence-electron chi connectivity index (χ1n) is 33.8. The predicted molar refractivity (Wildman–Crippen MR) is 346 cm³/mol. The Bertz CT molecular complexity index is 3050. The number of amides is 4. The van der Waals surface area contributed by atoms with Gasteiger partial charge < -0.3 is 38.5 Å². The molecule has 20 heteroatoms. The summed E-state index contributed by atoms with van der Waals surface area (Å²) in [7, 11) is 5.68. The van der Waals surface area contributed by atoms with Crippen LogP contribution in [0.1, 0.15) is 215 Å². The molecule has 8 atom stereocenters. The van der Waals surface area contributed by atoms with Crippen LogP contribution in [0.25, 0.3) is 0 Å². The minimum Gasteiger partial charge on any atom is -0.451 e. The quantitative estimate of drug-likeness (QED) is 0.0594. The molecule has 0 spiro atoms. The maximum absolute atomic E-state index is 15.2. The van der Waals surface area contributed by atoms with E-state index in [-0.39, 0.29) is 62.2 Å². The molecule has 0 N–H and O–H groups in total. The van der Waals surface area contributed by atoms with Gasteiger partial charge in [0.2, 0.25) is 0 Å². The fourth-order valence-electron chi connectivity index (χ4n) is 12.5. The standard InChI is InChI=1S/C72H100N8O12/c1-41(2)31-59-69(85)89-45(9)65(81)75(11)62(34-44(7)8)72(88)92-64(36-48-17-21-50(22-18-48)40-80-58(54-29-30-54)38-56(74-80)52-25-26-52)68(84)78(14)60(32-42(3)4)70(86)90-46(10)66(82)76(12)61(33-43(5)6)71(87)91-63(67(83)77(59)13)35-47-15-19-49(20-16-47)39-79-57(53-27-28-53)37-55(73-79)51-23-24-51/h15-22,37-38,41-46,51-54,59-64H,23-36,39-40H2,1-14H3/t45-,46-,59+,60+,61+,62+,63-,64-/m1/s1. The average Bonchev–Trinajstić information content (AvgIpc) is 1.68. The lowest BCUT2D eigenvalue weighted by molar-refractivity contribution is -0.176. The van der Waals surface area contributed by atoms with E-state index < -0.39 is 96.1 Å². The predicted octanol–water partition coefficient (Wildman–Crippen LogP) is 9.66. The van der Waals surface area contributed by atoms with Crippen molar-refractivity contribution in [2.24, 2.45) is 23.7 Å². The molecule has 2 aromatic carbocycles. The fraction of sp³-hybridized carbons (Fsp3) is 0.639.